The van der Waals surface area contributed by atoms with E-state index in [1.165, 1.54) is 11.8 Å². The average Bonchev–Trinajstić information content (AvgIpc) is 2.51. The van der Waals surface area contributed by atoms with Gasteiger partial charge in [0.2, 0.25) is 0 Å². The van der Waals surface area contributed by atoms with E-state index in [1.54, 1.807) is 12.3 Å². The van der Waals surface area contributed by atoms with Gasteiger partial charge in [-0.05, 0) is 23.8 Å². The Morgan fingerprint density at radius 1 is 1.33 bits per heavy atom. The van der Waals surface area contributed by atoms with Crippen LogP contribution < -0.4 is 5.32 Å². The van der Waals surface area contributed by atoms with Crippen molar-refractivity contribution >= 4 is 23.4 Å². The smallest absolute Gasteiger partial charge is 0.159 e. The van der Waals surface area contributed by atoms with Crippen LogP contribution in [0.25, 0.3) is 0 Å². The lowest BCUT2D eigenvalue weighted by Gasteiger charge is -2.10. The number of halogens is 1. The number of allylic oxidation sites excluding steroid dienone is 1. The van der Waals surface area contributed by atoms with Crippen LogP contribution in [0, 0.1) is 22.7 Å². The highest BCUT2D eigenvalue weighted by Crippen LogP contribution is 2.19. The Bertz CT molecular complexity index is 539. The van der Waals surface area contributed by atoms with E-state index < -0.39 is 0 Å². The molecule has 1 heterocycles. The molecule has 1 rings (SSSR count). The maximum absolute atomic E-state index is 9.02. The molecule has 1 aromatic heterocycles. The minimum Gasteiger partial charge on any atom is -0.374 e. The van der Waals surface area contributed by atoms with Gasteiger partial charge in [0.05, 0.1) is 5.03 Å². The van der Waals surface area contributed by atoms with Gasteiger partial charge in [0.25, 0.3) is 0 Å². The Morgan fingerprint density at radius 2 is 2.10 bits per heavy atom. The standard InChI is InChI=1S/C15H17ClN4S/c1-2-3-4-7-21-15(13(8-17)9-18)20-11-12-5-6-14(16)19-10-12/h5-6,10,20H,2-4,7,11H2,1H3. The van der Waals surface area contributed by atoms with Gasteiger partial charge >= 0.3 is 0 Å². The Morgan fingerprint density at radius 3 is 2.67 bits per heavy atom. The maximum atomic E-state index is 9.02. The van der Waals surface area contributed by atoms with E-state index in [0.717, 1.165) is 30.6 Å². The summed E-state index contributed by atoms with van der Waals surface area (Å²) in [4.78, 5) is 4.00. The molecule has 0 unspecified atom stereocenters. The number of aromatic nitrogens is 1. The molecule has 1 N–H and O–H groups in total. The molecule has 0 spiro atoms. The Hall–Kier alpha value is -1.69. The van der Waals surface area contributed by atoms with Gasteiger partial charge in [0, 0.05) is 12.7 Å². The largest absolute Gasteiger partial charge is 0.374 e. The molecule has 0 saturated heterocycles. The summed E-state index contributed by atoms with van der Waals surface area (Å²) in [6.07, 6.45) is 5.04. The summed E-state index contributed by atoms with van der Waals surface area (Å²) in [5.74, 6) is 0.891. The first-order chi connectivity index (χ1) is 10.2. The topological polar surface area (TPSA) is 72.5 Å². The predicted molar refractivity (Wildman–Crippen MR) is 86.3 cm³/mol. The van der Waals surface area contributed by atoms with Crippen molar-refractivity contribution in [3.63, 3.8) is 0 Å². The summed E-state index contributed by atoms with van der Waals surface area (Å²) in [7, 11) is 0. The lowest BCUT2D eigenvalue weighted by atomic mass is 10.3. The van der Waals surface area contributed by atoms with Gasteiger partial charge in [0.15, 0.2) is 5.57 Å². The number of nitrogens with zero attached hydrogens (tertiary/aromatic N) is 3. The van der Waals surface area contributed by atoms with Crippen LogP contribution in [-0.2, 0) is 6.54 Å². The normalized spacial score (nSPS) is 9.52. The van der Waals surface area contributed by atoms with Crippen molar-refractivity contribution in [2.24, 2.45) is 0 Å². The number of hydrogen-bond donors (Lipinski definition) is 1. The van der Waals surface area contributed by atoms with Crippen LogP contribution in [0.2, 0.25) is 5.15 Å². The van der Waals surface area contributed by atoms with Crippen molar-refractivity contribution in [3.8, 4) is 12.1 Å². The fourth-order valence-corrected chi connectivity index (χ4v) is 2.63. The number of pyridine rings is 1. The van der Waals surface area contributed by atoms with Crippen LogP contribution in [0.1, 0.15) is 31.7 Å². The molecule has 0 amide bonds. The van der Waals surface area contributed by atoms with Crippen LogP contribution in [-0.4, -0.2) is 10.7 Å². The van der Waals surface area contributed by atoms with Crippen molar-refractivity contribution in [1.29, 1.82) is 10.5 Å². The molecule has 4 nitrogen and oxygen atoms in total. The summed E-state index contributed by atoms with van der Waals surface area (Å²) >= 11 is 7.26. The second-order valence-corrected chi connectivity index (χ2v) is 5.82. The molecule has 0 atom stereocenters. The fourth-order valence-electron chi connectivity index (χ4n) is 1.56. The lowest BCUT2D eigenvalue weighted by Crippen LogP contribution is -2.13. The van der Waals surface area contributed by atoms with Crippen LogP contribution in [0.15, 0.2) is 28.9 Å². The summed E-state index contributed by atoms with van der Waals surface area (Å²) in [5, 5.41) is 22.3. The number of nitrogens with one attached hydrogen (secondary N) is 1. The maximum Gasteiger partial charge on any atom is 0.159 e. The molecule has 6 heteroatoms. The van der Waals surface area contributed by atoms with E-state index in [4.69, 9.17) is 22.1 Å². The third-order valence-corrected chi connectivity index (χ3v) is 4.04. The highest BCUT2D eigenvalue weighted by Gasteiger charge is 2.07. The van der Waals surface area contributed by atoms with E-state index in [1.807, 2.05) is 18.2 Å². The number of nitriles is 2. The van der Waals surface area contributed by atoms with Gasteiger partial charge in [-0.1, -0.05) is 37.4 Å². The number of unbranched alkanes of at least 4 members (excludes halogenated alkanes) is 2. The van der Waals surface area contributed by atoms with E-state index in [0.29, 0.717) is 16.7 Å². The van der Waals surface area contributed by atoms with E-state index in [-0.39, 0.29) is 5.57 Å². The molecule has 0 saturated carbocycles. The third-order valence-electron chi connectivity index (χ3n) is 2.69. The minimum absolute atomic E-state index is 0.124. The first-order valence-electron chi connectivity index (χ1n) is 6.72. The molecular formula is C15H17ClN4S. The summed E-state index contributed by atoms with van der Waals surface area (Å²) < 4.78 is 0. The van der Waals surface area contributed by atoms with E-state index in [9.17, 15) is 0 Å². The molecule has 0 fully saturated rings. The molecule has 0 bridgehead atoms. The zero-order valence-electron chi connectivity index (χ0n) is 11.9. The Labute approximate surface area is 134 Å². The SMILES string of the molecule is CCCCCSC(NCc1ccc(Cl)nc1)=C(C#N)C#N. The monoisotopic (exact) mass is 320 g/mol. The summed E-state index contributed by atoms with van der Waals surface area (Å²) in [6, 6.07) is 7.45. The molecule has 0 radical (unpaired) electrons. The van der Waals surface area contributed by atoms with Crippen LogP contribution in [0.4, 0.5) is 0 Å². The molecule has 0 aliphatic rings. The van der Waals surface area contributed by atoms with Crippen molar-refractivity contribution < 1.29 is 0 Å². The first-order valence-corrected chi connectivity index (χ1v) is 8.09. The number of hydrogen-bond acceptors (Lipinski definition) is 5. The molecule has 1 aromatic rings. The van der Waals surface area contributed by atoms with Gasteiger partial charge in [-0.2, -0.15) is 10.5 Å². The van der Waals surface area contributed by atoms with Gasteiger partial charge in [0.1, 0.15) is 17.3 Å². The van der Waals surface area contributed by atoms with Gasteiger partial charge in [-0.25, -0.2) is 4.98 Å². The van der Waals surface area contributed by atoms with Gasteiger partial charge in [-0.3, -0.25) is 0 Å². The van der Waals surface area contributed by atoms with Gasteiger partial charge < -0.3 is 5.32 Å². The van der Waals surface area contributed by atoms with Crippen molar-refractivity contribution in [2.75, 3.05) is 5.75 Å². The first kappa shape index (κ1) is 17.4. The Kier molecular flexibility index (Phi) is 8.35. The van der Waals surface area contributed by atoms with E-state index >= 15 is 0 Å². The second kappa shape index (κ2) is 10.1. The highest BCUT2D eigenvalue weighted by molar-refractivity contribution is 8.03. The molecular weight excluding hydrogens is 304 g/mol. The molecule has 0 aliphatic heterocycles. The van der Waals surface area contributed by atoms with Crippen LogP contribution in [0.5, 0.6) is 0 Å². The highest BCUT2D eigenvalue weighted by atomic mass is 35.5. The zero-order chi connectivity index (χ0) is 15.5. The molecule has 21 heavy (non-hydrogen) atoms. The van der Waals surface area contributed by atoms with Crippen molar-refractivity contribution in [2.45, 2.75) is 32.7 Å². The van der Waals surface area contributed by atoms with Crippen molar-refractivity contribution in [3.05, 3.63) is 39.6 Å². The third kappa shape index (κ3) is 6.53. The summed E-state index contributed by atoms with van der Waals surface area (Å²) in [5.41, 5.74) is 1.07. The quantitative estimate of drug-likeness (QED) is 0.445. The second-order valence-electron chi connectivity index (χ2n) is 4.33. The van der Waals surface area contributed by atoms with Crippen LogP contribution in [0.3, 0.4) is 0 Å². The van der Waals surface area contributed by atoms with Crippen LogP contribution >= 0.6 is 23.4 Å². The fraction of sp³-hybridized carbons (Fsp3) is 0.400. The van der Waals surface area contributed by atoms with E-state index in [2.05, 4.69) is 17.2 Å². The molecule has 0 aromatic carbocycles. The number of thioether (sulfide) groups is 1. The minimum atomic E-state index is 0.124. The zero-order valence-corrected chi connectivity index (χ0v) is 13.5. The van der Waals surface area contributed by atoms with Gasteiger partial charge in [-0.15, -0.1) is 11.8 Å². The Balaban J connectivity index is 2.65. The van der Waals surface area contributed by atoms with Crippen molar-refractivity contribution in [1.82, 2.24) is 10.3 Å². The lowest BCUT2D eigenvalue weighted by molar-refractivity contribution is 0.777. The molecule has 0 aliphatic carbocycles. The number of rotatable bonds is 8. The molecule has 110 valence electrons. The average molecular weight is 321 g/mol. The predicted octanol–water partition coefficient (Wildman–Crippen LogP) is 4.01. The summed E-state index contributed by atoms with van der Waals surface area (Å²) in [6.45, 7) is 2.65.